The predicted molar refractivity (Wildman–Crippen MR) is 97.3 cm³/mol. The Bertz CT molecular complexity index is 669. The number of carbonyl (C=O) groups excluding carboxylic acids is 1. The van der Waals surface area contributed by atoms with Crippen molar-refractivity contribution in [1.29, 1.82) is 0 Å². The van der Waals surface area contributed by atoms with Crippen LogP contribution in [-0.2, 0) is 4.79 Å². The summed E-state index contributed by atoms with van der Waals surface area (Å²) in [5.41, 5.74) is 1.23. The van der Waals surface area contributed by atoms with Gasteiger partial charge in [0.2, 0.25) is 11.9 Å². The van der Waals surface area contributed by atoms with E-state index in [9.17, 15) is 4.79 Å². The molecule has 0 saturated carbocycles. The first-order valence-electron chi connectivity index (χ1n) is 8.17. The Hall–Kier alpha value is -2.08. The summed E-state index contributed by atoms with van der Waals surface area (Å²) in [6, 6.07) is 10.1. The molecular weight excluding hydrogens is 320 g/mol. The highest BCUT2D eigenvalue weighted by atomic mass is 32.2. The van der Waals surface area contributed by atoms with Crippen LogP contribution in [0.25, 0.3) is 0 Å². The maximum absolute atomic E-state index is 12.7. The fourth-order valence-electron chi connectivity index (χ4n) is 2.71. The van der Waals surface area contributed by atoms with Gasteiger partial charge in [-0.25, -0.2) is 9.97 Å². The Balaban J connectivity index is 1.53. The van der Waals surface area contributed by atoms with Crippen molar-refractivity contribution in [1.82, 2.24) is 14.9 Å². The van der Waals surface area contributed by atoms with Crippen LogP contribution in [0.4, 0.5) is 5.95 Å². The number of thioether (sulfide) groups is 1. The van der Waals surface area contributed by atoms with Gasteiger partial charge in [-0.1, -0.05) is 17.7 Å². The van der Waals surface area contributed by atoms with E-state index in [-0.39, 0.29) is 11.2 Å². The van der Waals surface area contributed by atoms with Crippen LogP contribution in [0.1, 0.15) is 12.5 Å². The van der Waals surface area contributed by atoms with Gasteiger partial charge in [0.15, 0.2) is 0 Å². The first kappa shape index (κ1) is 16.8. The van der Waals surface area contributed by atoms with Gasteiger partial charge in [-0.15, -0.1) is 11.8 Å². The fourth-order valence-corrected chi connectivity index (χ4v) is 3.66. The minimum absolute atomic E-state index is 0.0766. The van der Waals surface area contributed by atoms with E-state index in [4.69, 9.17) is 0 Å². The molecule has 0 aliphatic carbocycles. The van der Waals surface area contributed by atoms with Crippen molar-refractivity contribution in [3.05, 3.63) is 48.3 Å². The molecule has 3 rings (SSSR count). The molecular formula is C18H22N4OS. The van der Waals surface area contributed by atoms with E-state index < -0.39 is 0 Å². The number of aromatic nitrogens is 2. The van der Waals surface area contributed by atoms with Crippen LogP contribution >= 0.6 is 11.8 Å². The van der Waals surface area contributed by atoms with Crippen molar-refractivity contribution in [3.63, 3.8) is 0 Å². The van der Waals surface area contributed by atoms with Crippen molar-refractivity contribution in [2.24, 2.45) is 0 Å². The van der Waals surface area contributed by atoms with Crippen molar-refractivity contribution < 1.29 is 4.79 Å². The lowest BCUT2D eigenvalue weighted by molar-refractivity contribution is -0.130. The molecule has 0 spiro atoms. The lowest BCUT2D eigenvalue weighted by Crippen LogP contribution is -2.51. The highest BCUT2D eigenvalue weighted by molar-refractivity contribution is 8.00. The summed E-state index contributed by atoms with van der Waals surface area (Å²) in [5, 5.41) is -0.0766. The second-order valence-corrected chi connectivity index (χ2v) is 7.35. The summed E-state index contributed by atoms with van der Waals surface area (Å²) < 4.78 is 0. The molecule has 0 unspecified atom stereocenters. The van der Waals surface area contributed by atoms with E-state index in [1.54, 1.807) is 24.2 Å². The number of rotatable bonds is 4. The van der Waals surface area contributed by atoms with Gasteiger partial charge in [0.25, 0.3) is 0 Å². The summed E-state index contributed by atoms with van der Waals surface area (Å²) in [5.74, 6) is 0.945. The summed E-state index contributed by atoms with van der Waals surface area (Å²) in [6.45, 7) is 7.04. The summed E-state index contributed by atoms with van der Waals surface area (Å²) in [6.07, 6.45) is 3.50. The van der Waals surface area contributed by atoms with E-state index in [2.05, 4.69) is 46.1 Å². The molecule has 1 amide bonds. The van der Waals surface area contributed by atoms with Crippen LogP contribution in [0, 0.1) is 6.92 Å². The summed E-state index contributed by atoms with van der Waals surface area (Å²) >= 11 is 1.62. The summed E-state index contributed by atoms with van der Waals surface area (Å²) in [4.78, 5) is 26.4. The van der Waals surface area contributed by atoms with Gasteiger partial charge < -0.3 is 9.80 Å². The smallest absolute Gasteiger partial charge is 0.235 e. The third-order valence-corrected chi connectivity index (χ3v) is 5.21. The van der Waals surface area contributed by atoms with Crippen LogP contribution < -0.4 is 4.90 Å². The molecule has 24 heavy (non-hydrogen) atoms. The molecule has 5 nitrogen and oxygen atoms in total. The number of benzene rings is 1. The minimum atomic E-state index is -0.0766. The number of carbonyl (C=O) groups is 1. The number of hydrogen-bond donors (Lipinski definition) is 0. The van der Waals surface area contributed by atoms with Gasteiger partial charge >= 0.3 is 0 Å². The number of hydrogen-bond acceptors (Lipinski definition) is 5. The van der Waals surface area contributed by atoms with Crippen LogP contribution in [0.3, 0.4) is 0 Å². The average molecular weight is 342 g/mol. The molecule has 0 N–H and O–H groups in total. The van der Waals surface area contributed by atoms with Crippen molar-refractivity contribution >= 4 is 23.6 Å². The maximum Gasteiger partial charge on any atom is 0.235 e. The lowest BCUT2D eigenvalue weighted by atomic mass is 10.2. The van der Waals surface area contributed by atoms with Gasteiger partial charge in [0.05, 0.1) is 5.25 Å². The van der Waals surface area contributed by atoms with Crippen molar-refractivity contribution in [2.75, 3.05) is 31.1 Å². The molecule has 2 aromatic rings. The maximum atomic E-state index is 12.7. The molecule has 6 heteroatoms. The topological polar surface area (TPSA) is 49.3 Å². The van der Waals surface area contributed by atoms with E-state index in [1.165, 1.54) is 5.56 Å². The minimum Gasteiger partial charge on any atom is -0.338 e. The largest absolute Gasteiger partial charge is 0.338 e. The normalized spacial score (nSPS) is 16.1. The molecule has 126 valence electrons. The molecule has 1 aromatic heterocycles. The Labute approximate surface area is 147 Å². The number of aryl methyl sites for hydroxylation is 1. The first-order chi connectivity index (χ1) is 11.6. The second-order valence-electron chi connectivity index (χ2n) is 5.93. The molecule has 1 saturated heterocycles. The van der Waals surface area contributed by atoms with Gasteiger partial charge in [0.1, 0.15) is 0 Å². The predicted octanol–water partition coefficient (Wildman–Crippen LogP) is 2.61. The molecule has 1 aliphatic heterocycles. The zero-order valence-corrected chi connectivity index (χ0v) is 14.9. The second kappa shape index (κ2) is 7.66. The number of anilines is 1. The number of piperazine rings is 1. The van der Waals surface area contributed by atoms with Crippen LogP contribution in [-0.4, -0.2) is 52.2 Å². The Morgan fingerprint density at radius 3 is 2.33 bits per heavy atom. The molecule has 2 heterocycles. The highest BCUT2D eigenvalue weighted by Gasteiger charge is 2.26. The molecule has 1 fully saturated rings. The Morgan fingerprint density at radius 2 is 1.71 bits per heavy atom. The fraction of sp³-hybridized carbons (Fsp3) is 0.389. The van der Waals surface area contributed by atoms with Gasteiger partial charge in [0, 0.05) is 43.5 Å². The van der Waals surface area contributed by atoms with E-state index in [1.807, 2.05) is 17.9 Å². The highest BCUT2D eigenvalue weighted by Crippen LogP contribution is 2.25. The lowest BCUT2D eigenvalue weighted by Gasteiger charge is -2.35. The Kier molecular flexibility index (Phi) is 5.35. The molecule has 1 aromatic carbocycles. The van der Waals surface area contributed by atoms with Crippen LogP contribution in [0.5, 0.6) is 0 Å². The first-order valence-corrected chi connectivity index (χ1v) is 9.05. The summed E-state index contributed by atoms with van der Waals surface area (Å²) in [7, 11) is 0. The average Bonchev–Trinajstić information content (AvgIpc) is 2.64. The van der Waals surface area contributed by atoms with Crippen LogP contribution in [0.2, 0.25) is 0 Å². The van der Waals surface area contributed by atoms with E-state index in [0.717, 1.165) is 37.0 Å². The van der Waals surface area contributed by atoms with E-state index in [0.29, 0.717) is 0 Å². The van der Waals surface area contributed by atoms with Crippen molar-refractivity contribution in [2.45, 2.75) is 24.0 Å². The Morgan fingerprint density at radius 1 is 1.08 bits per heavy atom. The third-order valence-electron chi connectivity index (χ3n) is 4.11. The standard InChI is InChI=1S/C18H22N4OS/c1-14-4-6-16(7-5-14)24-15(2)17(23)21-10-12-22(13-11-21)18-19-8-3-9-20-18/h3-9,15H,10-13H2,1-2H3/t15-/m1/s1. The quantitative estimate of drug-likeness (QED) is 0.800. The number of amides is 1. The monoisotopic (exact) mass is 342 g/mol. The van der Waals surface area contributed by atoms with Crippen LogP contribution in [0.15, 0.2) is 47.6 Å². The zero-order valence-electron chi connectivity index (χ0n) is 14.1. The number of nitrogens with zero attached hydrogens (tertiary/aromatic N) is 4. The van der Waals surface area contributed by atoms with E-state index >= 15 is 0 Å². The molecule has 1 aliphatic rings. The molecule has 0 radical (unpaired) electrons. The third kappa shape index (κ3) is 4.06. The zero-order chi connectivity index (χ0) is 16.9. The molecule has 0 bridgehead atoms. The van der Waals surface area contributed by atoms with Crippen molar-refractivity contribution in [3.8, 4) is 0 Å². The molecule has 1 atom stereocenters. The van der Waals surface area contributed by atoms with Gasteiger partial charge in [-0.05, 0) is 32.0 Å². The van der Waals surface area contributed by atoms with Gasteiger partial charge in [-0.2, -0.15) is 0 Å². The SMILES string of the molecule is Cc1ccc(S[C@H](C)C(=O)N2CCN(c3ncccn3)CC2)cc1. The van der Waals surface area contributed by atoms with Gasteiger partial charge in [-0.3, -0.25) is 4.79 Å².